The van der Waals surface area contributed by atoms with Gasteiger partial charge < -0.3 is 9.80 Å². The lowest BCUT2D eigenvalue weighted by Crippen LogP contribution is -2.46. The summed E-state index contributed by atoms with van der Waals surface area (Å²) < 4.78 is 27.6. The number of pyridine rings is 1. The molecular formula is C27H32N4O3S. The number of amides is 1. The molecule has 0 spiro atoms. The topological polar surface area (TPSA) is 73.8 Å². The Balaban J connectivity index is 1.38. The first-order valence-corrected chi connectivity index (χ1v) is 13.3. The molecule has 0 saturated carbocycles. The molecule has 0 bridgehead atoms. The third-order valence-electron chi connectivity index (χ3n) is 6.69. The van der Waals surface area contributed by atoms with Gasteiger partial charge in [-0.1, -0.05) is 30.3 Å². The zero-order chi connectivity index (χ0) is 24.8. The summed E-state index contributed by atoms with van der Waals surface area (Å²) in [5.74, 6) is -0.156. The molecule has 2 heterocycles. The van der Waals surface area contributed by atoms with Gasteiger partial charge in [-0.25, -0.2) is 8.42 Å². The molecule has 0 unspecified atom stereocenters. The quantitative estimate of drug-likeness (QED) is 0.480. The highest BCUT2D eigenvalue weighted by Crippen LogP contribution is 2.24. The number of hydrogen-bond acceptors (Lipinski definition) is 5. The fraction of sp³-hybridized carbons (Fsp3) is 0.333. The molecule has 1 saturated heterocycles. The fourth-order valence-corrected chi connectivity index (χ4v) is 5.68. The lowest BCUT2D eigenvalue weighted by molar-refractivity contribution is 0.0643. The maximum absolute atomic E-state index is 13.3. The molecular weight excluding hydrogens is 460 g/mol. The summed E-state index contributed by atoms with van der Waals surface area (Å²) >= 11 is 0. The van der Waals surface area contributed by atoms with Crippen LogP contribution in [0.25, 0.3) is 0 Å². The number of likely N-dealkylation sites (tertiary alicyclic amines) is 1. The third kappa shape index (κ3) is 5.89. The van der Waals surface area contributed by atoms with Crippen LogP contribution >= 0.6 is 0 Å². The second-order valence-electron chi connectivity index (χ2n) is 8.90. The van der Waals surface area contributed by atoms with E-state index < -0.39 is 10.0 Å². The molecule has 1 aliphatic rings. The molecule has 8 heteroatoms. The molecule has 4 rings (SSSR count). The molecule has 0 atom stereocenters. The monoisotopic (exact) mass is 492 g/mol. The summed E-state index contributed by atoms with van der Waals surface area (Å²) in [5.41, 5.74) is 2.04. The number of carbonyl (C=O) groups excluding carboxylic acids is 1. The Labute approximate surface area is 208 Å². The molecule has 7 nitrogen and oxygen atoms in total. The number of para-hydroxylation sites is 1. The van der Waals surface area contributed by atoms with Crippen molar-refractivity contribution in [1.29, 1.82) is 0 Å². The van der Waals surface area contributed by atoms with Crippen molar-refractivity contribution in [2.75, 3.05) is 38.0 Å². The summed E-state index contributed by atoms with van der Waals surface area (Å²) in [4.78, 5) is 21.9. The molecule has 1 fully saturated rings. The van der Waals surface area contributed by atoms with E-state index >= 15 is 0 Å². The lowest BCUT2D eigenvalue weighted by atomic mass is 10.0. The summed E-state index contributed by atoms with van der Waals surface area (Å²) in [6.45, 7) is 2.80. The van der Waals surface area contributed by atoms with E-state index in [2.05, 4.69) is 9.88 Å². The van der Waals surface area contributed by atoms with E-state index in [0.717, 1.165) is 44.6 Å². The van der Waals surface area contributed by atoms with Crippen molar-refractivity contribution in [2.24, 2.45) is 0 Å². The molecule has 1 amide bonds. The van der Waals surface area contributed by atoms with Crippen LogP contribution in [0.4, 0.5) is 5.69 Å². The minimum absolute atomic E-state index is 0.104. The van der Waals surface area contributed by atoms with Gasteiger partial charge in [0, 0.05) is 63.6 Å². The van der Waals surface area contributed by atoms with Gasteiger partial charge in [0.2, 0.25) is 0 Å². The Kier molecular flexibility index (Phi) is 7.83. The van der Waals surface area contributed by atoms with Crippen LogP contribution < -0.4 is 4.31 Å². The summed E-state index contributed by atoms with van der Waals surface area (Å²) in [5, 5.41) is 0. The van der Waals surface area contributed by atoms with Crippen molar-refractivity contribution < 1.29 is 13.2 Å². The second-order valence-corrected chi connectivity index (χ2v) is 10.9. The van der Waals surface area contributed by atoms with Crippen LogP contribution in [0.3, 0.4) is 0 Å². The number of hydrogen-bond donors (Lipinski definition) is 0. The first-order valence-electron chi connectivity index (χ1n) is 11.9. The van der Waals surface area contributed by atoms with E-state index in [1.807, 2.05) is 37.5 Å². The van der Waals surface area contributed by atoms with E-state index in [0.29, 0.717) is 11.3 Å². The predicted molar refractivity (Wildman–Crippen MR) is 138 cm³/mol. The first-order chi connectivity index (χ1) is 16.9. The zero-order valence-electron chi connectivity index (χ0n) is 20.2. The van der Waals surface area contributed by atoms with Crippen LogP contribution in [-0.2, 0) is 16.4 Å². The Morgan fingerprint density at radius 3 is 2.37 bits per heavy atom. The summed E-state index contributed by atoms with van der Waals surface area (Å²) in [6, 6.07) is 21.3. The summed E-state index contributed by atoms with van der Waals surface area (Å²) in [7, 11) is -0.450. The van der Waals surface area contributed by atoms with Gasteiger partial charge in [-0.2, -0.15) is 0 Å². The number of aromatic nitrogens is 1. The van der Waals surface area contributed by atoms with Gasteiger partial charge in [-0.15, -0.1) is 0 Å². The Hall–Kier alpha value is -3.23. The van der Waals surface area contributed by atoms with Crippen molar-refractivity contribution in [2.45, 2.75) is 30.2 Å². The first kappa shape index (κ1) is 24.9. The zero-order valence-corrected chi connectivity index (χ0v) is 21.1. The van der Waals surface area contributed by atoms with Gasteiger partial charge >= 0.3 is 0 Å². The number of rotatable bonds is 8. The minimum Gasteiger partial charge on any atom is -0.339 e. The SMILES string of the molecule is CN(C(=O)c1cccc(S(=O)(=O)N(C)c2ccccc2)c1)C1CCN(CCc2ccccn2)CC1. The van der Waals surface area contributed by atoms with Crippen LogP contribution in [0.15, 0.2) is 83.9 Å². The van der Waals surface area contributed by atoms with Crippen molar-refractivity contribution in [3.05, 3.63) is 90.3 Å². The van der Waals surface area contributed by atoms with Crippen molar-refractivity contribution >= 4 is 21.6 Å². The Bertz CT molecular complexity index is 1230. The van der Waals surface area contributed by atoms with Gasteiger partial charge in [0.15, 0.2) is 0 Å². The normalized spacial score (nSPS) is 15.0. The standard InChI is InChI=1S/C27H32N4O3S/c1-29(24-15-19-31(20-16-24)18-14-23-10-6-7-17-28-23)27(32)22-9-8-13-26(21-22)35(33,34)30(2)25-11-4-3-5-12-25/h3-13,17,21,24H,14-16,18-20H2,1-2H3. The number of piperidine rings is 1. The molecule has 1 aromatic heterocycles. The molecule has 184 valence electrons. The van der Waals surface area contributed by atoms with Crippen molar-refractivity contribution in [3.63, 3.8) is 0 Å². The minimum atomic E-state index is -3.78. The predicted octanol–water partition coefficient (Wildman–Crippen LogP) is 3.69. The van der Waals surface area contributed by atoms with Gasteiger partial charge in [0.25, 0.3) is 15.9 Å². The number of nitrogens with zero attached hydrogens (tertiary/aromatic N) is 4. The summed E-state index contributed by atoms with van der Waals surface area (Å²) in [6.07, 6.45) is 4.51. The number of benzene rings is 2. The van der Waals surface area contributed by atoms with Crippen molar-refractivity contribution in [1.82, 2.24) is 14.8 Å². The van der Waals surface area contributed by atoms with Crippen LogP contribution in [-0.4, -0.2) is 68.9 Å². The average molecular weight is 493 g/mol. The largest absolute Gasteiger partial charge is 0.339 e. The molecule has 0 aliphatic carbocycles. The highest BCUT2D eigenvalue weighted by molar-refractivity contribution is 7.92. The van der Waals surface area contributed by atoms with E-state index in [4.69, 9.17) is 0 Å². The Morgan fingerprint density at radius 2 is 1.69 bits per heavy atom. The number of carbonyl (C=O) groups is 1. The van der Waals surface area contributed by atoms with Gasteiger partial charge in [0.05, 0.1) is 10.6 Å². The van der Waals surface area contributed by atoms with Gasteiger partial charge in [-0.05, 0) is 55.3 Å². The molecule has 1 aliphatic heterocycles. The van der Waals surface area contributed by atoms with E-state index in [9.17, 15) is 13.2 Å². The van der Waals surface area contributed by atoms with Crippen LogP contribution in [0.5, 0.6) is 0 Å². The molecule has 3 aromatic rings. The second kappa shape index (κ2) is 11.0. The Morgan fingerprint density at radius 1 is 0.971 bits per heavy atom. The maximum atomic E-state index is 13.3. The average Bonchev–Trinajstić information content (AvgIpc) is 2.92. The van der Waals surface area contributed by atoms with E-state index in [1.54, 1.807) is 41.3 Å². The fourth-order valence-electron chi connectivity index (χ4n) is 4.44. The van der Waals surface area contributed by atoms with Crippen LogP contribution in [0.2, 0.25) is 0 Å². The molecule has 35 heavy (non-hydrogen) atoms. The molecule has 0 N–H and O–H groups in total. The molecule has 2 aromatic carbocycles. The lowest BCUT2D eigenvalue weighted by Gasteiger charge is -2.36. The number of sulfonamides is 1. The number of anilines is 1. The highest BCUT2D eigenvalue weighted by atomic mass is 32.2. The van der Waals surface area contributed by atoms with Crippen molar-refractivity contribution in [3.8, 4) is 0 Å². The van der Waals surface area contributed by atoms with E-state index in [1.165, 1.54) is 23.5 Å². The van der Waals surface area contributed by atoms with Gasteiger partial charge in [0.1, 0.15) is 0 Å². The highest BCUT2D eigenvalue weighted by Gasteiger charge is 2.27. The molecule has 0 radical (unpaired) electrons. The van der Waals surface area contributed by atoms with Crippen LogP contribution in [0.1, 0.15) is 28.9 Å². The van der Waals surface area contributed by atoms with Crippen LogP contribution in [0, 0.1) is 0 Å². The third-order valence-corrected chi connectivity index (χ3v) is 8.48. The van der Waals surface area contributed by atoms with E-state index in [-0.39, 0.29) is 16.8 Å². The maximum Gasteiger partial charge on any atom is 0.264 e. The smallest absolute Gasteiger partial charge is 0.264 e. The van der Waals surface area contributed by atoms with Gasteiger partial charge in [-0.3, -0.25) is 14.1 Å².